The lowest BCUT2D eigenvalue weighted by Crippen LogP contribution is -2.02. The zero-order valence-electron chi connectivity index (χ0n) is 6.60. The third-order valence-corrected chi connectivity index (χ3v) is 3.03. The number of halogens is 4. The average Bonchev–Trinajstić information content (AvgIpc) is 2.04. The van der Waals surface area contributed by atoms with Crippen LogP contribution in [0.5, 0.6) is 0 Å². The van der Waals surface area contributed by atoms with Crippen LogP contribution >= 0.6 is 26.6 Å². The number of hydrogen-bond acceptors (Lipinski definition) is 2. The van der Waals surface area contributed by atoms with Crippen molar-refractivity contribution in [3.8, 4) is 0 Å². The number of hydrogen-bond donors (Lipinski definition) is 0. The molecule has 0 bridgehead atoms. The lowest BCUT2D eigenvalue weighted by atomic mass is 10.2. The highest BCUT2D eigenvalue weighted by Crippen LogP contribution is 2.24. The third kappa shape index (κ3) is 2.90. The van der Waals surface area contributed by atoms with E-state index >= 15 is 0 Å². The predicted molar refractivity (Wildman–Crippen MR) is 52.5 cm³/mol. The maximum absolute atomic E-state index is 13.2. The molecule has 0 spiro atoms. The van der Waals surface area contributed by atoms with Crippen LogP contribution in [0.4, 0.5) is 8.78 Å². The van der Waals surface area contributed by atoms with E-state index in [0.717, 1.165) is 12.1 Å². The first kappa shape index (κ1) is 11.9. The van der Waals surface area contributed by atoms with Crippen molar-refractivity contribution in [1.82, 2.24) is 0 Å². The minimum absolute atomic E-state index is 0.00535. The molecule has 14 heavy (non-hydrogen) atoms. The first-order valence-corrected chi connectivity index (χ1v) is 6.63. The molecule has 0 amide bonds. The van der Waals surface area contributed by atoms with E-state index in [-0.39, 0.29) is 4.47 Å². The summed E-state index contributed by atoms with van der Waals surface area (Å²) >= 11 is 2.81. The van der Waals surface area contributed by atoms with Crippen molar-refractivity contribution in [3.05, 3.63) is 33.8 Å². The van der Waals surface area contributed by atoms with Gasteiger partial charge in [0.05, 0.1) is 10.2 Å². The van der Waals surface area contributed by atoms with E-state index in [9.17, 15) is 17.2 Å². The molecule has 1 aromatic carbocycles. The van der Waals surface area contributed by atoms with Crippen molar-refractivity contribution >= 4 is 35.7 Å². The van der Waals surface area contributed by atoms with Crippen LogP contribution in [0.15, 0.2) is 16.6 Å². The van der Waals surface area contributed by atoms with Crippen molar-refractivity contribution in [3.63, 3.8) is 0 Å². The molecule has 0 saturated heterocycles. The Kier molecular flexibility index (Phi) is 3.49. The lowest BCUT2D eigenvalue weighted by Gasteiger charge is -2.03. The normalized spacial score (nSPS) is 11.7. The Morgan fingerprint density at radius 2 is 1.93 bits per heavy atom. The van der Waals surface area contributed by atoms with Crippen LogP contribution in [0.3, 0.4) is 0 Å². The molecule has 0 radical (unpaired) electrons. The Morgan fingerprint density at radius 3 is 2.43 bits per heavy atom. The summed E-state index contributed by atoms with van der Waals surface area (Å²) in [7, 11) is 0.920. The SMILES string of the molecule is O=S(=O)(Cl)Cc1c(F)ccc(Br)c1F. The quantitative estimate of drug-likeness (QED) is 0.622. The van der Waals surface area contributed by atoms with E-state index in [2.05, 4.69) is 15.9 Å². The summed E-state index contributed by atoms with van der Waals surface area (Å²) in [6, 6.07) is 2.11. The molecule has 1 rings (SSSR count). The first-order valence-electron chi connectivity index (χ1n) is 3.36. The van der Waals surface area contributed by atoms with Crippen molar-refractivity contribution in [2.45, 2.75) is 5.75 Å². The van der Waals surface area contributed by atoms with Gasteiger partial charge in [-0.1, -0.05) is 0 Å². The fourth-order valence-corrected chi connectivity index (χ4v) is 2.18. The minimum atomic E-state index is -3.97. The van der Waals surface area contributed by atoms with Gasteiger partial charge in [-0.05, 0) is 28.1 Å². The smallest absolute Gasteiger partial charge is 0.212 e. The second-order valence-corrected chi connectivity index (χ2v) is 6.14. The molecular formula is C7H4BrClF2O2S. The Labute approximate surface area is 92.4 Å². The third-order valence-electron chi connectivity index (χ3n) is 1.46. The molecule has 1 aromatic rings. The number of benzene rings is 1. The summed E-state index contributed by atoms with van der Waals surface area (Å²) in [6.07, 6.45) is 0. The molecule has 0 atom stereocenters. The molecule has 7 heteroatoms. The van der Waals surface area contributed by atoms with E-state index < -0.39 is 32.0 Å². The molecule has 0 N–H and O–H groups in total. The van der Waals surface area contributed by atoms with Crippen LogP contribution in [0.2, 0.25) is 0 Å². The second-order valence-electron chi connectivity index (χ2n) is 2.50. The summed E-state index contributed by atoms with van der Waals surface area (Å²) in [5, 5.41) is 0. The van der Waals surface area contributed by atoms with Crippen molar-refractivity contribution in [1.29, 1.82) is 0 Å². The second kappa shape index (κ2) is 4.12. The molecule has 2 nitrogen and oxygen atoms in total. The monoisotopic (exact) mass is 304 g/mol. The molecule has 78 valence electrons. The molecule has 0 aromatic heterocycles. The van der Waals surface area contributed by atoms with Crippen LogP contribution in [0, 0.1) is 11.6 Å². The Morgan fingerprint density at radius 1 is 1.36 bits per heavy atom. The maximum Gasteiger partial charge on any atom is 0.236 e. The lowest BCUT2D eigenvalue weighted by molar-refractivity contribution is 0.555. The van der Waals surface area contributed by atoms with Gasteiger partial charge in [-0.2, -0.15) is 0 Å². The zero-order chi connectivity index (χ0) is 10.9. The Hall–Kier alpha value is -0.200. The highest BCUT2D eigenvalue weighted by atomic mass is 79.9. The van der Waals surface area contributed by atoms with E-state index in [1.165, 1.54) is 0 Å². The van der Waals surface area contributed by atoms with Gasteiger partial charge < -0.3 is 0 Å². The van der Waals surface area contributed by atoms with E-state index in [4.69, 9.17) is 10.7 Å². The minimum Gasteiger partial charge on any atom is -0.212 e. The topological polar surface area (TPSA) is 34.1 Å². The van der Waals surface area contributed by atoms with Crippen LogP contribution in [0.25, 0.3) is 0 Å². The summed E-state index contributed by atoms with van der Waals surface area (Å²) < 4.78 is 47.4. The maximum atomic E-state index is 13.2. The molecule has 0 saturated carbocycles. The predicted octanol–water partition coefficient (Wildman–Crippen LogP) is 2.80. The van der Waals surface area contributed by atoms with E-state index in [1.807, 2.05) is 0 Å². The van der Waals surface area contributed by atoms with Gasteiger partial charge in [0.1, 0.15) is 11.6 Å². The highest BCUT2D eigenvalue weighted by molar-refractivity contribution is 9.10. The molecule has 0 unspecified atom stereocenters. The summed E-state index contributed by atoms with van der Waals surface area (Å²) in [5.41, 5.74) is -0.561. The average molecular weight is 306 g/mol. The molecular weight excluding hydrogens is 301 g/mol. The first-order chi connectivity index (χ1) is 6.31. The fourth-order valence-electron chi connectivity index (χ4n) is 0.874. The van der Waals surface area contributed by atoms with Crippen molar-refractivity contribution < 1.29 is 17.2 Å². The van der Waals surface area contributed by atoms with Crippen LogP contribution in [0.1, 0.15) is 5.56 Å². The van der Waals surface area contributed by atoms with Gasteiger partial charge >= 0.3 is 0 Å². The Balaban J connectivity index is 3.27. The van der Waals surface area contributed by atoms with Crippen molar-refractivity contribution in [2.24, 2.45) is 0 Å². The van der Waals surface area contributed by atoms with Crippen LogP contribution < -0.4 is 0 Å². The van der Waals surface area contributed by atoms with Crippen molar-refractivity contribution in [2.75, 3.05) is 0 Å². The van der Waals surface area contributed by atoms with Gasteiger partial charge in [0.15, 0.2) is 0 Å². The standard InChI is InChI=1S/C7H4BrClF2O2S/c8-5-1-2-6(10)4(7(5)11)3-14(9,12)13/h1-2H,3H2. The van der Waals surface area contributed by atoms with Crippen LogP contribution in [-0.4, -0.2) is 8.42 Å². The van der Waals surface area contributed by atoms with Crippen LogP contribution in [-0.2, 0) is 14.8 Å². The van der Waals surface area contributed by atoms with Gasteiger partial charge in [-0.25, -0.2) is 17.2 Å². The molecule has 0 fully saturated rings. The zero-order valence-corrected chi connectivity index (χ0v) is 9.76. The Bertz CT molecular complexity index is 461. The number of rotatable bonds is 2. The van der Waals surface area contributed by atoms with Gasteiger partial charge in [-0.15, -0.1) is 0 Å². The highest BCUT2D eigenvalue weighted by Gasteiger charge is 2.17. The fraction of sp³-hybridized carbons (Fsp3) is 0.143. The summed E-state index contributed by atoms with van der Waals surface area (Å²) in [5.74, 6) is -2.75. The van der Waals surface area contributed by atoms with E-state index in [1.54, 1.807) is 0 Å². The van der Waals surface area contributed by atoms with Gasteiger partial charge in [0.2, 0.25) is 9.05 Å². The molecule has 0 aliphatic rings. The van der Waals surface area contributed by atoms with E-state index in [0.29, 0.717) is 0 Å². The molecule has 0 heterocycles. The van der Waals surface area contributed by atoms with Gasteiger partial charge in [0, 0.05) is 16.2 Å². The van der Waals surface area contributed by atoms with Gasteiger partial charge in [-0.3, -0.25) is 0 Å². The largest absolute Gasteiger partial charge is 0.236 e. The van der Waals surface area contributed by atoms with Gasteiger partial charge in [0.25, 0.3) is 0 Å². The molecule has 0 aliphatic carbocycles. The molecule has 0 aliphatic heterocycles. The summed E-state index contributed by atoms with van der Waals surface area (Å²) in [6.45, 7) is 0. The summed E-state index contributed by atoms with van der Waals surface area (Å²) in [4.78, 5) is 0.